The van der Waals surface area contributed by atoms with Gasteiger partial charge in [0.05, 0.1) is 68.3 Å². The predicted octanol–water partition coefficient (Wildman–Crippen LogP) is 14.4. The highest BCUT2D eigenvalue weighted by Gasteiger charge is 2.21. The molecule has 0 saturated carbocycles. The molecule has 0 aliphatic carbocycles. The molecule has 0 aromatic carbocycles. The van der Waals surface area contributed by atoms with Crippen LogP contribution < -0.4 is 0 Å². The topological polar surface area (TPSA) is 160 Å². The van der Waals surface area contributed by atoms with E-state index in [1.807, 2.05) is 98.1 Å². The standard InChI is InChI=1S/C64H46N12/c1-37-13-21-65-53(29-37)57-33-41(17-25-69-57)61-45-5-7-47(73-45)62(42-18-26-70-58(34-42)54-30-38(2)14-22-66-54)49-9-11-51(75-49)64(44-20-28-72-60(36-44)56-32-40(4)16-24-68-56)52-12-10-50(76-52)63(48-8-6-46(61)74-48)43-19-27-71-59(35-43)55-31-39(3)15-23-67-55/h5-36,73,76H,1-4H3. The molecule has 11 aromatic rings. The Hall–Kier alpha value is -10.2. The van der Waals surface area contributed by atoms with Crippen LogP contribution in [-0.2, 0) is 0 Å². The minimum Gasteiger partial charge on any atom is -0.354 e. The van der Waals surface area contributed by atoms with E-state index in [1.54, 1.807) is 0 Å². The van der Waals surface area contributed by atoms with Crippen LogP contribution >= 0.6 is 0 Å². The largest absolute Gasteiger partial charge is 0.354 e. The van der Waals surface area contributed by atoms with Crippen molar-refractivity contribution in [3.8, 4) is 90.1 Å². The van der Waals surface area contributed by atoms with Crippen molar-refractivity contribution >= 4 is 46.4 Å². The number of hydrogen-bond acceptors (Lipinski definition) is 10. The smallest absolute Gasteiger partial charge is 0.0892 e. The van der Waals surface area contributed by atoms with E-state index in [2.05, 4.69) is 135 Å². The molecule has 76 heavy (non-hydrogen) atoms. The molecule has 2 aliphatic heterocycles. The fraction of sp³-hybridized carbons (Fsp3) is 0.0625. The first-order valence-electron chi connectivity index (χ1n) is 25.0. The molecule has 0 fully saturated rings. The van der Waals surface area contributed by atoms with Gasteiger partial charge in [0.25, 0.3) is 0 Å². The maximum atomic E-state index is 5.58. The normalized spacial score (nSPS) is 11.8. The van der Waals surface area contributed by atoms with E-state index < -0.39 is 0 Å². The molecule has 362 valence electrons. The second kappa shape index (κ2) is 19.0. The van der Waals surface area contributed by atoms with Gasteiger partial charge in [0.2, 0.25) is 0 Å². The first kappa shape index (κ1) is 45.6. The van der Waals surface area contributed by atoms with Crippen molar-refractivity contribution in [2.45, 2.75) is 27.7 Å². The SMILES string of the molecule is Cc1ccnc(-c2cc(-c3c4nc(c(-c5ccnc(-c6cc(C)ccn6)c5)c5ccc([nH]5)c(-c5ccnc(-c6cc(C)ccn6)c5)c5nc(c(-c6ccnc(-c7cc(C)ccn7)c6)c6ccc3[nH]6)C=C5)C=C4)ccn2)c1. The van der Waals surface area contributed by atoms with Gasteiger partial charge in [0.1, 0.15) is 0 Å². The van der Waals surface area contributed by atoms with Gasteiger partial charge in [0.15, 0.2) is 0 Å². The van der Waals surface area contributed by atoms with Crippen molar-refractivity contribution in [1.82, 2.24) is 59.8 Å². The molecule has 0 unspecified atom stereocenters. The van der Waals surface area contributed by atoms with Gasteiger partial charge in [-0.25, -0.2) is 9.97 Å². The van der Waals surface area contributed by atoms with Crippen LogP contribution in [-0.4, -0.2) is 59.8 Å². The summed E-state index contributed by atoms with van der Waals surface area (Å²) in [5.41, 5.74) is 24.1. The first-order chi connectivity index (χ1) is 37.2. The minimum absolute atomic E-state index is 0.748. The van der Waals surface area contributed by atoms with Crippen molar-refractivity contribution < 1.29 is 0 Å². The number of pyridine rings is 8. The quantitative estimate of drug-likeness (QED) is 0.150. The van der Waals surface area contributed by atoms with Gasteiger partial charge < -0.3 is 9.97 Å². The molecule has 12 heteroatoms. The summed E-state index contributed by atoms with van der Waals surface area (Å²) in [7, 11) is 0. The van der Waals surface area contributed by atoms with Gasteiger partial charge in [-0.05, 0) is 218 Å². The van der Waals surface area contributed by atoms with Crippen molar-refractivity contribution in [3.63, 3.8) is 0 Å². The van der Waals surface area contributed by atoms with E-state index in [4.69, 9.17) is 49.8 Å². The third-order valence-electron chi connectivity index (χ3n) is 13.7. The molecule has 0 spiro atoms. The van der Waals surface area contributed by atoms with Crippen molar-refractivity contribution in [1.29, 1.82) is 0 Å². The Labute approximate surface area is 437 Å². The summed E-state index contributed by atoms with van der Waals surface area (Å²) in [5, 5.41) is 0. The van der Waals surface area contributed by atoms with Crippen LogP contribution in [0.4, 0.5) is 0 Å². The fourth-order valence-corrected chi connectivity index (χ4v) is 10.0. The number of aromatic amines is 2. The highest BCUT2D eigenvalue weighted by Crippen LogP contribution is 2.40. The van der Waals surface area contributed by atoms with E-state index in [0.717, 1.165) is 157 Å². The summed E-state index contributed by atoms with van der Waals surface area (Å²) in [5.74, 6) is 0. The fourth-order valence-electron chi connectivity index (χ4n) is 10.0. The predicted molar refractivity (Wildman–Crippen MR) is 304 cm³/mol. The zero-order valence-corrected chi connectivity index (χ0v) is 41.9. The molecule has 2 N–H and O–H groups in total. The van der Waals surface area contributed by atoms with Crippen molar-refractivity contribution in [2.24, 2.45) is 0 Å². The number of H-pyrrole nitrogens is 2. The van der Waals surface area contributed by atoms with Crippen molar-refractivity contribution in [3.05, 3.63) is 216 Å². The number of aromatic nitrogens is 12. The lowest BCUT2D eigenvalue weighted by Crippen LogP contribution is -1.93. The molecular weight excluding hydrogens is 937 g/mol. The molecule has 13 heterocycles. The molecule has 11 aromatic heterocycles. The van der Waals surface area contributed by atoms with E-state index >= 15 is 0 Å². The lowest BCUT2D eigenvalue weighted by atomic mass is 10.0. The molecule has 0 atom stereocenters. The van der Waals surface area contributed by atoms with Gasteiger partial charge in [0, 0.05) is 93.9 Å². The van der Waals surface area contributed by atoms with E-state index in [-0.39, 0.29) is 0 Å². The van der Waals surface area contributed by atoms with Crippen LogP contribution in [0.15, 0.2) is 171 Å². The number of hydrogen-bond donors (Lipinski definition) is 2. The van der Waals surface area contributed by atoms with Gasteiger partial charge in [-0.1, -0.05) is 0 Å². The van der Waals surface area contributed by atoms with Crippen LogP contribution in [0.2, 0.25) is 0 Å². The Morgan fingerprint density at radius 3 is 0.684 bits per heavy atom. The Morgan fingerprint density at radius 1 is 0.250 bits per heavy atom. The Balaban J connectivity index is 1.14. The molecule has 12 nitrogen and oxygen atoms in total. The first-order valence-corrected chi connectivity index (χ1v) is 25.0. The summed E-state index contributed by atoms with van der Waals surface area (Å²) < 4.78 is 0. The third-order valence-corrected chi connectivity index (χ3v) is 13.7. The van der Waals surface area contributed by atoms with Gasteiger partial charge in [-0.2, -0.15) is 0 Å². The van der Waals surface area contributed by atoms with E-state index in [0.29, 0.717) is 0 Å². The van der Waals surface area contributed by atoms with Crippen LogP contribution in [0.5, 0.6) is 0 Å². The molecule has 0 radical (unpaired) electrons. The Bertz CT molecular complexity index is 3830. The molecule has 8 bridgehead atoms. The van der Waals surface area contributed by atoms with E-state index in [9.17, 15) is 0 Å². The second-order valence-electron chi connectivity index (χ2n) is 19.1. The lowest BCUT2D eigenvalue weighted by molar-refractivity contribution is 1.22. The van der Waals surface area contributed by atoms with Crippen LogP contribution in [0, 0.1) is 27.7 Å². The average Bonchev–Trinajstić information content (AvgIpc) is 4.31. The number of nitrogens with zero attached hydrogens (tertiary/aromatic N) is 10. The number of aryl methyl sites for hydroxylation is 4. The van der Waals surface area contributed by atoms with Gasteiger partial charge >= 0.3 is 0 Å². The van der Waals surface area contributed by atoms with Gasteiger partial charge in [-0.15, -0.1) is 0 Å². The molecule has 13 rings (SSSR count). The summed E-state index contributed by atoms with van der Waals surface area (Å²) in [4.78, 5) is 57.1. The molecular formula is C64H46N12. The summed E-state index contributed by atoms with van der Waals surface area (Å²) in [6.45, 7) is 8.25. The molecule has 2 aliphatic rings. The van der Waals surface area contributed by atoms with Crippen molar-refractivity contribution in [2.75, 3.05) is 0 Å². The Morgan fingerprint density at radius 2 is 0.461 bits per heavy atom. The summed E-state index contributed by atoms with van der Waals surface area (Å²) >= 11 is 0. The number of nitrogens with one attached hydrogen (secondary N) is 2. The average molecular weight is 983 g/mol. The minimum atomic E-state index is 0.748. The monoisotopic (exact) mass is 982 g/mol. The van der Waals surface area contributed by atoms with Gasteiger partial charge in [-0.3, -0.25) is 39.9 Å². The lowest BCUT2D eigenvalue weighted by Gasteiger charge is -2.09. The van der Waals surface area contributed by atoms with Crippen LogP contribution in [0.25, 0.3) is 136 Å². The zero-order valence-electron chi connectivity index (χ0n) is 41.9. The number of rotatable bonds is 8. The van der Waals surface area contributed by atoms with Crippen LogP contribution in [0.3, 0.4) is 0 Å². The Kier molecular flexibility index (Phi) is 11.4. The third kappa shape index (κ3) is 8.73. The molecule has 0 amide bonds. The maximum absolute atomic E-state index is 5.58. The highest BCUT2D eigenvalue weighted by molar-refractivity contribution is 6.00. The summed E-state index contributed by atoms with van der Waals surface area (Å²) in [6, 6.07) is 41.2. The maximum Gasteiger partial charge on any atom is 0.0892 e. The number of fused-ring (bicyclic) bond motifs is 8. The van der Waals surface area contributed by atoms with E-state index in [1.165, 1.54) is 0 Å². The van der Waals surface area contributed by atoms with Crippen LogP contribution in [0.1, 0.15) is 45.0 Å². The summed E-state index contributed by atoms with van der Waals surface area (Å²) in [6.07, 6.45) is 23.0. The molecule has 0 saturated heterocycles. The zero-order chi connectivity index (χ0) is 51.3. The highest BCUT2D eigenvalue weighted by atomic mass is 14.8. The second-order valence-corrected chi connectivity index (χ2v) is 19.1.